The van der Waals surface area contributed by atoms with Crippen LogP contribution in [0.5, 0.6) is 0 Å². The van der Waals surface area contributed by atoms with E-state index in [0.29, 0.717) is 18.9 Å². The summed E-state index contributed by atoms with van der Waals surface area (Å²) in [6.45, 7) is 8.82. The molecule has 4 heterocycles. The third-order valence-electron chi connectivity index (χ3n) is 7.74. The standard InChI is InChI=1S/C24H34N6O2/c1-16(17-8-10-25-11-9-17)29-12-14-30(15-13-29)20-5-3-4-18-22(27-28(2)23(18)20)19-6-7-21(31)26-24(19)32/h3-5,16-17,19,25H,6-15H2,1-2H3,(H,26,31,32)/t16-,19?/m1/s1. The number of aryl methyl sites for hydroxylation is 1. The second-order valence-corrected chi connectivity index (χ2v) is 9.54. The average molecular weight is 439 g/mol. The van der Waals surface area contributed by atoms with Crippen LogP contribution in [0.25, 0.3) is 10.9 Å². The molecule has 32 heavy (non-hydrogen) atoms. The third-order valence-corrected chi connectivity index (χ3v) is 7.74. The number of imide groups is 1. The van der Waals surface area contributed by atoms with Gasteiger partial charge in [0.2, 0.25) is 11.8 Å². The monoisotopic (exact) mass is 438 g/mol. The van der Waals surface area contributed by atoms with Crippen molar-refractivity contribution in [1.82, 2.24) is 25.3 Å². The fourth-order valence-corrected chi connectivity index (χ4v) is 5.81. The van der Waals surface area contributed by atoms with Crippen LogP contribution in [0, 0.1) is 5.92 Å². The van der Waals surface area contributed by atoms with Gasteiger partial charge in [0.05, 0.1) is 22.8 Å². The molecule has 0 radical (unpaired) electrons. The molecule has 8 nitrogen and oxygen atoms in total. The van der Waals surface area contributed by atoms with Gasteiger partial charge in [0.1, 0.15) is 0 Å². The SMILES string of the molecule is C[C@H](C1CCNCC1)N1CCN(c2cccc3c(C4CCC(=O)NC4=O)nn(C)c23)CC1. The van der Waals surface area contributed by atoms with Gasteiger partial charge in [-0.2, -0.15) is 5.10 Å². The lowest BCUT2D eigenvalue weighted by molar-refractivity contribution is -0.134. The minimum atomic E-state index is -0.366. The first-order valence-electron chi connectivity index (χ1n) is 12.0. The fourth-order valence-electron chi connectivity index (χ4n) is 5.81. The van der Waals surface area contributed by atoms with Gasteiger partial charge in [0.15, 0.2) is 0 Å². The molecule has 5 rings (SSSR count). The molecule has 3 aliphatic rings. The number of fused-ring (bicyclic) bond motifs is 1. The quantitative estimate of drug-likeness (QED) is 0.706. The molecule has 2 atom stereocenters. The van der Waals surface area contributed by atoms with Crippen LogP contribution in [0.15, 0.2) is 18.2 Å². The summed E-state index contributed by atoms with van der Waals surface area (Å²) in [4.78, 5) is 29.2. The largest absolute Gasteiger partial charge is 0.367 e. The third kappa shape index (κ3) is 3.90. The summed E-state index contributed by atoms with van der Waals surface area (Å²) < 4.78 is 1.91. The van der Waals surface area contributed by atoms with Gasteiger partial charge in [0, 0.05) is 51.1 Å². The summed E-state index contributed by atoms with van der Waals surface area (Å²) in [6.07, 6.45) is 3.44. The number of nitrogens with zero attached hydrogens (tertiary/aromatic N) is 4. The second-order valence-electron chi connectivity index (χ2n) is 9.54. The maximum Gasteiger partial charge on any atom is 0.235 e. The van der Waals surface area contributed by atoms with Crippen molar-refractivity contribution in [3.05, 3.63) is 23.9 Å². The molecule has 1 aromatic heterocycles. The highest BCUT2D eigenvalue weighted by Crippen LogP contribution is 2.35. The molecule has 0 aliphatic carbocycles. The summed E-state index contributed by atoms with van der Waals surface area (Å²) in [6, 6.07) is 6.93. The van der Waals surface area contributed by atoms with Crippen LogP contribution in [0.1, 0.15) is 44.2 Å². The van der Waals surface area contributed by atoms with Crippen molar-refractivity contribution in [2.45, 2.75) is 44.6 Å². The molecule has 2 amide bonds. The summed E-state index contributed by atoms with van der Waals surface area (Å²) in [7, 11) is 1.96. The molecule has 3 aliphatic heterocycles. The van der Waals surface area contributed by atoms with Crippen LogP contribution in [0.4, 0.5) is 5.69 Å². The number of carbonyl (C=O) groups excluding carboxylic acids is 2. The zero-order valence-electron chi connectivity index (χ0n) is 19.1. The number of amides is 2. The summed E-state index contributed by atoms with van der Waals surface area (Å²) in [5.74, 6) is 0.00430. The normalized spacial score (nSPS) is 24.7. The van der Waals surface area contributed by atoms with Crippen LogP contribution in [0.2, 0.25) is 0 Å². The molecule has 3 saturated heterocycles. The van der Waals surface area contributed by atoms with Gasteiger partial charge >= 0.3 is 0 Å². The highest BCUT2D eigenvalue weighted by atomic mass is 16.2. The Morgan fingerprint density at radius 2 is 1.81 bits per heavy atom. The highest BCUT2D eigenvalue weighted by Gasteiger charge is 2.33. The number of anilines is 1. The number of piperazine rings is 1. The van der Waals surface area contributed by atoms with Crippen LogP contribution in [-0.2, 0) is 16.6 Å². The first kappa shape index (κ1) is 21.4. The molecular weight excluding hydrogens is 404 g/mol. The Morgan fingerprint density at radius 1 is 1.06 bits per heavy atom. The molecule has 172 valence electrons. The van der Waals surface area contributed by atoms with Crippen molar-refractivity contribution in [3.63, 3.8) is 0 Å². The Morgan fingerprint density at radius 3 is 2.53 bits per heavy atom. The number of piperidine rings is 2. The molecule has 8 heteroatoms. The lowest BCUT2D eigenvalue weighted by Gasteiger charge is -2.42. The van der Waals surface area contributed by atoms with Crippen LogP contribution in [-0.4, -0.2) is 71.8 Å². The Balaban J connectivity index is 1.35. The van der Waals surface area contributed by atoms with Gasteiger partial charge in [0.25, 0.3) is 0 Å². The predicted molar refractivity (Wildman–Crippen MR) is 125 cm³/mol. The van der Waals surface area contributed by atoms with Crippen molar-refractivity contribution in [3.8, 4) is 0 Å². The van der Waals surface area contributed by atoms with Crippen molar-refractivity contribution in [2.24, 2.45) is 13.0 Å². The fraction of sp³-hybridized carbons (Fsp3) is 0.625. The predicted octanol–water partition coefficient (Wildman–Crippen LogP) is 1.60. The molecule has 2 aromatic rings. The van der Waals surface area contributed by atoms with Crippen LogP contribution in [0.3, 0.4) is 0 Å². The van der Waals surface area contributed by atoms with Gasteiger partial charge in [-0.15, -0.1) is 0 Å². The van der Waals surface area contributed by atoms with Crippen molar-refractivity contribution < 1.29 is 9.59 Å². The molecule has 0 bridgehead atoms. The molecule has 1 unspecified atom stereocenters. The number of benzene rings is 1. The van der Waals surface area contributed by atoms with Crippen molar-refractivity contribution in [2.75, 3.05) is 44.2 Å². The number of hydrogen-bond acceptors (Lipinski definition) is 6. The van der Waals surface area contributed by atoms with Crippen molar-refractivity contribution >= 4 is 28.4 Å². The molecule has 3 fully saturated rings. The van der Waals surface area contributed by atoms with E-state index in [-0.39, 0.29) is 17.7 Å². The molecule has 2 N–H and O–H groups in total. The Kier molecular flexibility index (Phi) is 5.90. The zero-order chi connectivity index (χ0) is 22.2. The summed E-state index contributed by atoms with van der Waals surface area (Å²) in [5.41, 5.74) is 3.05. The number of hydrogen-bond donors (Lipinski definition) is 2. The second kappa shape index (κ2) is 8.83. The summed E-state index contributed by atoms with van der Waals surface area (Å²) in [5, 5.41) is 11.7. The highest BCUT2D eigenvalue weighted by molar-refractivity contribution is 6.03. The van der Waals surface area contributed by atoms with Crippen molar-refractivity contribution in [1.29, 1.82) is 0 Å². The van der Waals surface area contributed by atoms with Gasteiger partial charge in [-0.05, 0) is 51.3 Å². The average Bonchev–Trinajstić information content (AvgIpc) is 3.16. The topological polar surface area (TPSA) is 82.5 Å². The van der Waals surface area contributed by atoms with E-state index in [1.165, 1.54) is 18.5 Å². The maximum atomic E-state index is 12.5. The maximum absolute atomic E-state index is 12.5. The number of carbonyl (C=O) groups is 2. The Hall–Kier alpha value is -2.45. The molecule has 0 saturated carbocycles. The van der Waals surface area contributed by atoms with Gasteiger partial charge in [-0.25, -0.2) is 0 Å². The van der Waals surface area contributed by atoms with E-state index in [1.54, 1.807) is 0 Å². The lowest BCUT2D eigenvalue weighted by atomic mass is 9.90. The van der Waals surface area contributed by atoms with E-state index in [0.717, 1.165) is 61.8 Å². The van der Waals surface area contributed by atoms with E-state index in [1.807, 2.05) is 11.7 Å². The zero-order valence-corrected chi connectivity index (χ0v) is 19.1. The van der Waals surface area contributed by atoms with Gasteiger partial charge < -0.3 is 10.2 Å². The van der Waals surface area contributed by atoms with E-state index in [9.17, 15) is 9.59 Å². The van der Waals surface area contributed by atoms with E-state index >= 15 is 0 Å². The molecule has 1 aromatic carbocycles. The molecular formula is C24H34N6O2. The summed E-state index contributed by atoms with van der Waals surface area (Å²) >= 11 is 0. The number of aromatic nitrogens is 2. The number of rotatable bonds is 4. The van der Waals surface area contributed by atoms with E-state index < -0.39 is 0 Å². The van der Waals surface area contributed by atoms with E-state index in [4.69, 9.17) is 5.10 Å². The molecule has 0 spiro atoms. The van der Waals surface area contributed by atoms with E-state index in [2.05, 4.69) is 45.6 Å². The number of nitrogens with one attached hydrogen (secondary N) is 2. The Labute approximate surface area is 189 Å². The first-order valence-corrected chi connectivity index (χ1v) is 12.0. The minimum Gasteiger partial charge on any atom is -0.367 e. The van der Waals surface area contributed by atoms with Crippen LogP contribution < -0.4 is 15.5 Å². The minimum absolute atomic E-state index is 0.191. The number of para-hydroxylation sites is 1. The van der Waals surface area contributed by atoms with Gasteiger partial charge in [-0.3, -0.25) is 24.5 Å². The van der Waals surface area contributed by atoms with Crippen LogP contribution >= 0.6 is 0 Å². The Bertz CT molecular complexity index is 1000. The van der Waals surface area contributed by atoms with Gasteiger partial charge in [-0.1, -0.05) is 12.1 Å². The first-order chi connectivity index (χ1) is 15.5. The lowest BCUT2D eigenvalue weighted by Crippen LogP contribution is -2.52. The smallest absolute Gasteiger partial charge is 0.235 e.